The molecule has 0 radical (unpaired) electrons. The van der Waals surface area contributed by atoms with Crippen molar-refractivity contribution in [2.24, 2.45) is 0 Å². The zero-order chi connectivity index (χ0) is 10.5. The van der Waals surface area contributed by atoms with Gasteiger partial charge in [-0.05, 0) is 38.5 Å². The highest BCUT2D eigenvalue weighted by Gasteiger charge is 2.23. The average molecular weight is 324 g/mol. The van der Waals surface area contributed by atoms with Crippen molar-refractivity contribution in [2.75, 3.05) is 13.2 Å². The van der Waals surface area contributed by atoms with Crippen molar-refractivity contribution >= 4 is 22.9 Å². The van der Waals surface area contributed by atoms with Crippen LogP contribution in [-0.2, 0) is 4.74 Å². The number of hydrogen-bond acceptors (Lipinski definition) is 3. The van der Waals surface area contributed by atoms with Gasteiger partial charge in [-0.2, -0.15) is 0 Å². The molecule has 0 bridgehead atoms. The van der Waals surface area contributed by atoms with Crippen LogP contribution in [0.15, 0.2) is 0 Å². The van der Waals surface area contributed by atoms with E-state index in [1.807, 2.05) is 0 Å². The van der Waals surface area contributed by atoms with E-state index in [1.165, 1.54) is 38.5 Å². The molecule has 0 aromatic heterocycles. The lowest BCUT2D eigenvalue weighted by molar-refractivity contribution is 0.0729. The maximum Gasteiger partial charge on any atom is 0.0480 e. The van der Waals surface area contributed by atoms with Crippen molar-refractivity contribution in [3.05, 3.63) is 0 Å². The molecule has 1 aliphatic heterocycles. The number of ether oxygens (including phenoxy) is 1. The molecule has 1 aliphatic carbocycles. The number of nitrogens with one attached hydrogen (secondary N) is 2. The Morgan fingerprint density at radius 1 is 0.800 bits per heavy atom. The molecule has 2 aliphatic rings. The molecule has 1 saturated heterocycles. The molecule has 2 N–H and O–H groups in total. The fourth-order valence-electron chi connectivity index (χ4n) is 2.57. The van der Waals surface area contributed by atoms with Crippen molar-refractivity contribution in [3.63, 3.8) is 0 Å². The molecule has 4 heteroatoms. The first kappa shape index (κ1) is 12.1. The highest BCUT2D eigenvalue weighted by molar-refractivity contribution is 14.1. The Morgan fingerprint density at radius 2 is 1.33 bits per heavy atom. The van der Waals surface area contributed by atoms with Gasteiger partial charge in [-0.15, -0.1) is 0 Å². The number of rotatable bonds is 3. The number of halogens is 1. The third kappa shape index (κ3) is 3.84. The zero-order valence-electron chi connectivity index (χ0n) is 9.18. The first-order valence-electron chi connectivity index (χ1n) is 6.08. The van der Waals surface area contributed by atoms with E-state index in [9.17, 15) is 0 Å². The van der Waals surface area contributed by atoms with Gasteiger partial charge in [0.2, 0.25) is 0 Å². The summed E-state index contributed by atoms with van der Waals surface area (Å²) in [4.78, 5) is 0. The van der Waals surface area contributed by atoms with Gasteiger partial charge in [0.1, 0.15) is 0 Å². The summed E-state index contributed by atoms with van der Waals surface area (Å²) in [5, 5.41) is 3.79. The van der Waals surface area contributed by atoms with Gasteiger partial charge < -0.3 is 10.1 Å². The monoisotopic (exact) mass is 324 g/mol. The molecule has 2 fully saturated rings. The Kier molecular flexibility index (Phi) is 5.13. The van der Waals surface area contributed by atoms with E-state index < -0.39 is 0 Å². The molecule has 0 unspecified atom stereocenters. The maximum atomic E-state index is 5.37. The van der Waals surface area contributed by atoms with Crippen molar-refractivity contribution in [1.82, 2.24) is 8.85 Å². The van der Waals surface area contributed by atoms with E-state index in [4.69, 9.17) is 4.74 Å². The predicted octanol–water partition coefficient (Wildman–Crippen LogP) is 2.01. The third-order valence-corrected chi connectivity index (χ3v) is 4.45. The van der Waals surface area contributed by atoms with E-state index in [0.717, 1.165) is 25.3 Å². The van der Waals surface area contributed by atoms with E-state index in [0.29, 0.717) is 6.04 Å². The molecule has 88 valence electrons. The number of hydrogen-bond donors (Lipinski definition) is 2. The summed E-state index contributed by atoms with van der Waals surface area (Å²) in [6.07, 6.45) is 7.71. The van der Waals surface area contributed by atoms with Crippen LogP contribution in [0.4, 0.5) is 0 Å². The van der Waals surface area contributed by atoms with Crippen LogP contribution in [0.25, 0.3) is 0 Å². The van der Waals surface area contributed by atoms with Gasteiger partial charge in [-0.3, -0.25) is 3.53 Å². The average Bonchev–Trinajstić information content (AvgIpc) is 2.31. The fraction of sp³-hybridized carbons (Fsp3) is 1.00. The van der Waals surface area contributed by atoms with Crippen LogP contribution in [0.5, 0.6) is 0 Å². The fourth-order valence-corrected chi connectivity index (χ4v) is 3.19. The summed E-state index contributed by atoms with van der Waals surface area (Å²) in [5.41, 5.74) is 0. The summed E-state index contributed by atoms with van der Waals surface area (Å²) in [6, 6.07) is 2.22. The molecule has 0 aromatic carbocycles. The molecule has 3 nitrogen and oxygen atoms in total. The van der Waals surface area contributed by atoms with Gasteiger partial charge in [0.25, 0.3) is 0 Å². The summed E-state index contributed by atoms with van der Waals surface area (Å²) in [6.45, 7) is 1.89. The molecule has 1 saturated carbocycles. The predicted molar refractivity (Wildman–Crippen MR) is 70.2 cm³/mol. The van der Waals surface area contributed by atoms with Gasteiger partial charge in [0, 0.05) is 54.2 Å². The first-order valence-corrected chi connectivity index (χ1v) is 7.16. The van der Waals surface area contributed by atoms with Crippen LogP contribution < -0.4 is 8.85 Å². The summed E-state index contributed by atoms with van der Waals surface area (Å²) in [7, 11) is 0. The van der Waals surface area contributed by atoms with Crippen molar-refractivity contribution in [3.8, 4) is 0 Å². The summed E-state index contributed by atoms with van der Waals surface area (Å²) < 4.78 is 8.72. The first-order chi connectivity index (χ1) is 7.38. The van der Waals surface area contributed by atoms with E-state index >= 15 is 0 Å². The van der Waals surface area contributed by atoms with Crippen LogP contribution in [-0.4, -0.2) is 31.3 Å². The van der Waals surface area contributed by atoms with Crippen LogP contribution in [0.2, 0.25) is 0 Å². The molecule has 0 aromatic rings. The van der Waals surface area contributed by atoms with Crippen LogP contribution in [0.1, 0.15) is 38.5 Å². The molecule has 2 rings (SSSR count). The lowest BCUT2D eigenvalue weighted by Crippen LogP contribution is -2.44. The Labute approximate surface area is 106 Å². The quantitative estimate of drug-likeness (QED) is 0.615. The zero-order valence-corrected chi connectivity index (χ0v) is 11.3. The largest absolute Gasteiger partial charge is 0.381 e. The highest BCUT2D eigenvalue weighted by atomic mass is 127. The molecule has 0 spiro atoms. The van der Waals surface area contributed by atoms with Crippen LogP contribution in [0, 0.1) is 0 Å². The lowest BCUT2D eigenvalue weighted by Gasteiger charge is -2.33. The Hall–Kier alpha value is 0.610. The SMILES string of the molecule is IN[C@H]1CC[C@H](NC2CCOCC2)CC1. The minimum Gasteiger partial charge on any atom is -0.381 e. The van der Waals surface area contributed by atoms with Crippen LogP contribution >= 0.6 is 22.9 Å². The van der Waals surface area contributed by atoms with Crippen LogP contribution in [0.3, 0.4) is 0 Å². The van der Waals surface area contributed by atoms with Gasteiger partial charge in [0.05, 0.1) is 0 Å². The second-order valence-corrected chi connectivity index (χ2v) is 5.33. The van der Waals surface area contributed by atoms with Crippen molar-refractivity contribution < 1.29 is 4.74 Å². The van der Waals surface area contributed by atoms with Crippen molar-refractivity contribution in [1.29, 1.82) is 0 Å². The minimum atomic E-state index is 0.716. The van der Waals surface area contributed by atoms with Gasteiger partial charge in [-0.1, -0.05) is 0 Å². The standard InChI is InChI=1S/C11H21IN2O/c12-14-11-3-1-9(2-4-11)13-10-5-7-15-8-6-10/h9-11,13-14H,1-8H2/t9-,11-. The van der Waals surface area contributed by atoms with E-state index in [1.54, 1.807) is 0 Å². The Morgan fingerprint density at radius 3 is 1.93 bits per heavy atom. The summed E-state index contributed by atoms with van der Waals surface area (Å²) >= 11 is 2.28. The normalized spacial score (nSPS) is 34.2. The molecule has 1 heterocycles. The second kappa shape index (κ2) is 6.37. The Balaban J connectivity index is 1.67. The molecule has 0 atom stereocenters. The minimum absolute atomic E-state index is 0.716. The molecular formula is C11H21IN2O. The van der Waals surface area contributed by atoms with Gasteiger partial charge in [0.15, 0.2) is 0 Å². The van der Waals surface area contributed by atoms with Gasteiger partial charge in [-0.25, -0.2) is 0 Å². The summed E-state index contributed by atoms with van der Waals surface area (Å²) in [5.74, 6) is 0. The Bertz CT molecular complexity index is 177. The maximum absolute atomic E-state index is 5.37. The van der Waals surface area contributed by atoms with E-state index in [2.05, 4.69) is 31.7 Å². The van der Waals surface area contributed by atoms with E-state index in [-0.39, 0.29) is 0 Å². The highest BCUT2D eigenvalue weighted by Crippen LogP contribution is 2.21. The topological polar surface area (TPSA) is 33.3 Å². The van der Waals surface area contributed by atoms with Crippen molar-refractivity contribution in [2.45, 2.75) is 56.7 Å². The molecule has 15 heavy (non-hydrogen) atoms. The lowest BCUT2D eigenvalue weighted by atomic mass is 9.91. The molecule has 0 amide bonds. The molecular weight excluding hydrogens is 303 g/mol. The third-order valence-electron chi connectivity index (χ3n) is 3.57. The smallest absolute Gasteiger partial charge is 0.0480 e. The second-order valence-electron chi connectivity index (χ2n) is 4.71. The van der Waals surface area contributed by atoms with Gasteiger partial charge >= 0.3 is 0 Å².